The molecule has 1 saturated heterocycles. The van der Waals surface area contributed by atoms with Gasteiger partial charge in [-0.1, -0.05) is 5.16 Å². The molecule has 1 aromatic heterocycles. The van der Waals surface area contributed by atoms with E-state index in [1.54, 1.807) is 6.20 Å². The van der Waals surface area contributed by atoms with Crippen molar-refractivity contribution in [2.75, 3.05) is 23.5 Å². The molecule has 7 heteroatoms. The van der Waals surface area contributed by atoms with Crippen LogP contribution in [0.2, 0.25) is 0 Å². The minimum Gasteiger partial charge on any atom is -0.409 e. The van der Waals surface area contributed by atoms with E-state index in [0.29, 0.717) is 17.6 Å². The van der Waals surface area contributed by atoms with Crippen molar-refractivity contribution in [1.29, 1.82) is 0 Å². The van der Waals surface area contributed by atoms with Gasteiger partial charge in [-0.25, -0.2) is 9.97 Å². The molecule has 0 amide bonds. The minimum absolute atomic E-state index is 0.00870. The molecule has 0 bridgehead atoms. The second kappa shape index (κ2) is 5.22. The van der Waals surface area contributed by atoms with Crippen LogP contribution in [-0.4, -0.2) is 45.6 Å². The Hall–Kier alpha value is -1.50. The van der Waals surface area contributed by atoms with E-state index < -0.39 is 0 Å². The molecule has 1 aliphatic rings. The first-order valence-corrected chi connectivity index (χ1v) is 6.49. The normalized spacial score (nSPS) is 20.5. The summed E-state index contributed by atoms with van der Waals surface area (Å²) in [7, 11) is 1.97. The van der Waals surface area contributed by atoms with E-state index in [9.17, 15) is 0 Å². The first-order valence-electron chi connectivity index (χ1n) is 5.33. The topological polar surface area (TPSA) is 87.6 Å². The van der Waals surface area contributed by atoms with Gasteiger partial charge in [0.2, 0.25) is 0 Å². The SMILES string of the molecule is CN(c1nccnc1C(N)=NO)C1CCSC1. The number of nitrogens with zero attached hydrogens (tertiary/aromatic N) is 4. The van der Waals surface area contributed by atoms with Gasteiger partial charge < -0.3 is 15.8 Å². The van der Waals surface area contributed by atoms with Crippen LogP contribution in [0.25, 0.3) is 0 Å². The van der Waals surface area contributed by atoms with Gasteiger partial charge in [0.15, 0.2) is 17.3 Å². The van der Waals surface area contributed by atoms with E-state index in [1.165, 1.54) is 6.20 Å². The fourth-order valence-corrected chi connectivity index (χ4v) is 3.09. The summed E-state index contributed by atoms with van der Waals surface area (Å²) in [6.07, 6.45) is 4.27. The molecule has 1 atom stereocenters. The average Bonchev–Trinajstić information content (AvgIpc) is 2.91. The van der Waals surface area contributed by atoms with Gasteiger partial charge in [0.1, 0.15) is 0 Å². The zero-order chi connectivity index (χ0) is 12.3. The third-order valence-electron chi connectivity index (χ3n) is 2.82. The molecule has 17 heavy (non-hydrogen) atoms. The maximum Gasteiger partial charge on any atom is 0.192 e. The van der Waals surface area contributed by atoms with Gasteiger partial charge in [0, 0.05) is 31.2 Å². The van der Waals surface area contributed by atoms with Crippen molar-refractivity contribution in [3.05, 3.63) is 18.1 Å². The summed E-state index contributed by atoms with van der Waals surface area (Å²) in [6, 6.07) is 0.432. The molecule has 2 heterocycles. The maximum atomic E-state index is 8.73. The number of thioether (sulfide) groups is 1. The smallest absolute Gasteiger partial charge is 0.192 e. The summed E-state index contributed by atoms with van der Waals surface area (Å²) in [5.74, 6) is 2.89. The standard InChI is InChI=1S/C10H15N5OS/c1-15(7-2-5-17-6-7)10-8(9(11)14-16)12-3-4-13-10/h3-4,7,16H,2,5-6H2,1H3,(H2,11,14). The molecule has 1 unspecified atom stereocenters. The summed E-state index contributed by atoms with van der Waals surface area (Å²) in [5.41, 5.74) is 6.02. The number of rotatable bonds is 3. The Kier molecular flexibility index (Phi) is 3.68. The second-order valence-electron chi connectivity index (χ2n) is 3.84. The fraction of sp³-hybridized carbons (Fsp3) is 0.500. The van der Waals surface area contributed by atoms with Crippen LogP contribution in [-0.2, 0) is 0 Å². The van der Waals surface area contributed by atoms with E-state index in [4.69, 9.17) is 10.9 Å². The predicted molar refractivity (Wildman–Crippen MR) is 68.7 cm³/mol. The van der Waals surface area contributed by atoms with Crippen LogP contribution in [0.15, 0.2) is 17.5 Å². The van der Waals surface area contributed by atoms with Crippen molar-refractivity contribution in [2.24, 2.45) is 10.9 Å². The Morgan fingerprint density at radius 1 is 1.59 bits per heavy atom. The van der Waals surface area contributed by atoms with Crippen LogP contribution in [0.1, 0.15) is 12.1 Å². The van der Waals surface area contributed by atoms with Crippen LogP contribution >= 0.6 is 11.8 Å². The number of hydrogen-bond donors (Lipinski definition) is 2. The number of oxime groups is 1. The third kappa shape index (κ3) is 2.44. The van der Waals surface area contributed by atoms with Crippen molar-refractivity contribution in [1.82, 2.24) is 9.97 Å². The molecule has 0 aromatic carbocycles. The Morgan fingerprint density at radius 2 is 2.35 bits per heavy atom. The molecule has 0 saturated carbocycles. The largest absolute Gasteiger partial charge is 0.409 e. The summed E-state index contributed by atoms with van der Waals surface area (Å²) >= 11 is 1.92. The van der Waals surface area contributed by atoms with Gasteiger partial charge in [0.05, 0.1) is 0 Å². The van der Waals surface area contributed by atoms with E-state index in [-0.39, 0.29) is 5.84 Å². The van der Waals surface area contributed by atoms with Gasteiger partial charge in [-0.3, -0.25) is 0 Å². The highest BCUT2D eigenvalue weighted by Crippen LogP contribution is 2.25. The Balaban J connectivity index is 2.30. The summed E-state index contributed by atoms with van der Waals surface area (Å²) < 4.78 is 0. The quantitative estimate of drug-likeness (QED) is 0.353. The van der Waals surface area contributed by atoms with Gasteiger partial charge >= 0.3 is 0 Å². The first kappa shape index (κ1) is 12.0. The molecule has 0 radical (unpaired) electrons. The van der Waals surface area contributed by atoms with E-state index in [1.807, 2.05) is 18.8 Å². The van der Waals surface area contributed by atoms with Gasteiger partial charge in [-0.15, -0.1) is 0 Å². The molecule has 6 nitrogen and oxygen atoms in total. The van der Waals surface area contributed by atoms with Crippen molar-refractivity contribution < 1.29 is 5.21 Å². The number of aromatic nitrogens is 2. The minimum atomic E-state index is -0.00870. The fourth-order valence-electron chi connectivity index (χ4n) is 1.82. The summed E-state index contributed by atoms with van der Waals surface area (Å²) in [6.45, 7) is 0. The summed E-state index contributed by atoms with van der Waals surface area (Å²) in [5, 5.41) is 11.7. The van der Waals surface area contributed by atoms with Gasteiger partial charge in [-0.2, -0.15) is 11.8 Å². The lowest BCUT2D eigenvalue weighted by molar-refractivity contribution is 0.318. The number of nitrogens with two attached hydrogens (primary N) is 1. The summed E-state index contributed by atoms with van der Waals surface area (Å²) in [4.78, 5) is 10.4. The molecule has 1 aromatic rings. The van der Waals surface area contributed by atoms with Crippen molar-refractivity contribution in [2.45, 2.75) is 12.5 Å². The number of hydrogen-bond acceptors (Lipinski definition) is 6. The molecular formula is C10H15N5OS. The monoisotopic (exact) mass is 253 g/mol. The third-order valence-corrected chi connectivity index (χ3v) is 3.96. The number of anilines is 1. The molecule has 0 spiro atoms. The number of amidine groups is 1. The highest BCUT2D eigenvalue weighted by molar-refractivity contribution is 7.99. The molecule has 2 rings (SSSR count). The first-order chi connectivity index (χ1) is 8.24. The zero-order valence-corrected chi connectivity index (χ0v) is 10.4. The molecular weight excluding hydrogens is 238 g/mol. The molecule has 92 valence electrons. The van der Waals surface area contributed by atoms with Crippen LogP contribution < -0.4 is 10.6 Å². The highest BCUT2D eigenvalue weighted by Gasteiger charge is 2.24. The van der Waals surface area contributed by atoms with Gasteiger partial charge in [-0.05, 0) is 12.2 Å². The zero-order valence-electron chi connectivity index (χ0n) is 9.58. The van der Waals surface area contributed by atoms with Crippen LogP contribution in [0.3, 0.4) is 0 Å². The van der Waals surface area contributed by atoms with Crippen molar-refractivity contribution in [3.8, 4) is 0 Å². The van der Waals surface area contributed by atoms with Crippen molar-refractivity contribution in [3.63, 3.8) is 0 Å². The van der Waals surface area contributed by atoms with Crippen LogP contribution in [0.4, 0.5) is 5.82 Å². The second-order valence-corrected chi connectivity index (χ2v) is 4.99. The lowest BCUT2D eigenvalue weighted by Gasteiger charge is -2.25. The predicted octanol–water partition coefficient (Wildman–Crippen LogP) is 0.513. The Morgan fingerprint density at radius 3 is 3.00 bits per heavy atom. The average molecular weight is 253 g/mol. The van der Waals surface area contributed by atoms with Gasteiger partial charge in [0.25, 0.3) is 0 Å². The Labute approximate surface area is 104 Å². The molecule has 1 fully saturated rings. The lowest BCUT2D eigenvalue weighted by Crippen LogP contribution is -2.34. The molecule has 0 aliphatic carbocycles. The van der Waals surface area contributed by atoms with E-state index >= 15 is 0 Å². The van der Waals surface area contributed by atoms with Crippen LogP contribution in [0, 0.1) is 0 Å². The molecule has 1 aliphatic heterocycles. The van der Waals surface area contributed by atoms with E-state index in [2.05, 4.69) is 20.0 Å². The highest BCUT2D eigenvalue weighted by atomic mass is 32.2. The van der Waals surface area contributed by atoms with E-state index in [0.717, 1.165) is 17.9 Å². The lowest BCUT2D eigenvalue weighted by atomic mass is 10.2. The Bertz CT molecular complexity index is 419. The maximum absolute atomic E-state index is 8.73. The van der Waals surface area contributed by atoms with Crippen molar-refractivity contribution >= 4 is 23.4 Å². The molecule has 3 N–H and O–H groups in total. The van der Waals surface area contributed by atoms with Crippen LogP contribution in [0.5, 0.6) is 0 Å².